The van der Waals surface area contributed by atoms with Crippen LogP contribution in [0.4, 0.5) is 11.4 Å². The van der Waals surface area contributed by atoms with Crippen LogP contribution in [0.15, 0.2) is 176 Å². The Morgan fingerprint density at radius 1 is 0.296 bits per heavy atom. The van der Waals surface area contributed by atoms with Crippen LogP contribution in [-0.2, 0) is 0 Å². The van der Waals surface area contributed by atoms with E-state index in [4.69, 9.17) is 0 Å². The van der Waals surface area contributed by atoms with E-state index in [1.165, 1.54) is 99.3 Å². The maximum absolute atomic E-state index is 2.47. The van der Waals surface area contributed by atoms with Crippen molar-refractivity contribution in [2.24, 2.45) is 0 Å². The minimum absolute atomic E-state index is 0.663. The number of quaternary nitrogens is 1. The molecule has 0 amide bonds. The molecule has 254 valence electrons. The van der Waals surface area contributed by atoms with Crippen molar-refractivity contribution in [1.82, 2.24) is 18.2 Å². The van der Waals surface area contributed by atoms with Crippen molar-refractivity contribution in [3.8, 4) is 28.2 Å². The second-order valence-electron chi connectivity index (χ2n) is 15.2. The van der Waals surface area contributed by atoms with Gasteiger partial charge in [-0.3, -0.25) is 4.48 Å². The van der Waals surface area contributed by atoms with Crippen molar-refractivity contribution >= 4 is 76.8 Å². The molecule has 4 nitrogen and oxygen atoms in total. The number of hydrogen-bond acceptors (Lipinski definition) is 0. The summed E-state index contributed by atoms with van der Waals surface area (Å²) in [6, 6.07) is 64.9. The summed E-state index contributed by atoms with van der Waals surface area (Å²) in [7, 11) is 4.68. The predicted octanol–water partition coefficient (Wildman–Crippen LogP) is 12.9. The zero-order valence-electron chi connectivity index (χ0n) is 30.0. The molecule has 1 aliphatic rings. The zero-order valence-corrected chi connectivity index (χ0v) is 30.0. The Labute approximate surface area is 312 Å². The van der Waals surface area contributed by atoms with Gasteiger partial charge in [-0.1, -0.05) is 91.0 Å². The Balaban J connectivity index is 1.11. The molecule has 0 spiro atoms. The highest BCUT2D eigenvalue weighted by molar-refractivity contribution is 6.15. The highest BCUT2D eigenvalue weighted by Gasteiger charge is 2.38. The number of hydrogen-bond donors (Lipinski definition) is 0. The fourth-order valence-corrected chi connectivity index (χ4v) is 9.60. The van der Waals surface area contributed by atoms with Crippen molar-refractivity contribution in [1.29, 1.82) is 0 Å². The van der Waals surface area contributed by atoms with E-state index >= 15 is 0 Å². The van der Waals surface area contributed by atoms with Crippen molar-refractivity contribution in [3.63, 3.8) is 0 Å². The molecule has 12 rings (SSSR count). The molecule has 4 heterocycles. The SMILES string of the molecule is C[N+]1(C)c2cc(-n3c4ccccc4c4ccccc43)ccc2-c2cc3c(cc21)c1cc(-n2c4ccccc4c4ccccc42)ccc1n3-c1ccccc1. The summed E-state index contributed by atoms with van der Waals surface area (Å²) in [6.45, 7) is 0. The summed E-state index contributed by atoms with van der Waals surface area (Å²) in [4.78, 5) is 0. The summed E-state index contributed by atoms with van der Waals surface area (Å²) in [5, 5.41) is 7.61. The monoisotopic (exact) mass is 691 g/mol. The van der Waals surface area contributed by atoms with Crippen LogP contribution < -0.4 is 4.48 Å². The molecule has 0 fully saturated rings. The molecule has 0 N–H and O–H groups in total. The summed E-state index contributed by atoms with van der Waals surface area (Å²) in [5.41, 5.74) is 16.0. The van der Waals surface area contributed by atoms with Gasteiger partial charge in [0.05, 0.1) is 58.4 Å². The first kappa shape index (κ1) is 29.7. The van der Waals surface area contributed by atoms with Crippen molar-refractivity contribution in [2.75, 3.05) is 14.1 Å². The molecule has 8 aromatic carbocycles. The number of nitrogens with zero attached hydrogens (tertiary/aromatic N) is 4. The Morgan fingerprint density at radius 2 is 0.722 bits per heavy atom. The fourth-order valence-electron chi connectivity index (χ4n) is 9.60. The van der Waals surface area contributed by atoms with E-state index in [0.717, 1.165) is 5.69 Å². The average molecular weight is 692 g/mol. The Bertz CT molecular complexity index is 3250. The molecule has 0 aliphatic carbocycles. The standard InChI is InChI=1S/C50H35N4/c1-54(2)49-29-34(53-45-22-12-8-18-37(45)38-19-9-13-23-46(38)53)24-26-39(49)42-30-48-41(31-50(42)54)40-28-33(25-27-47(40)51(48)32-14-4-3-5-15-32)52-43-20-10-6-16-35(43)36-17-7-11-21-44(36)52/h3-31H,1-2H3/q+1. The quantitative estimate of drug-likeness (QED) is 0.164. The first-order valence-electron chi connectivity index (χ1n) is 18.7. The number of fused-ring (bicyclic) bond motifs is 12. The number of benzene rings is 8. The topological polar surface area (TPSA) is 14.8 Å². The van der Waals surface area contributed by atoms with Gasteiger partial charge >= 0.3 is 0 Å². The zero-order chi connectivity index (χ0) is 35.7. The van der Waals surface area contributed by atoms with E-state index in [-0.39, 0.29) is 0 Å². The van der Waals surface area contributed by atoms with Crippen molar-refractivity contribution in [3.05, 3.63) is 176 Å². The third-order valence-corrected chi connectivity index (χ3v) is 12.0. The second-order valence-corrected chi connectivity index (χ2v) is 15.2. The maximum atomic E-state index is 2.47. The van der Waals surface area contributed by atoms with Crippen LogP contribution in [0.1, 0.15) is 0 Å². The molecule has 11 aromatic rings. The molecule has 0 bridgehead atoms. The smallest absolute Gasteiger partial charge is 0.147 e. The summed E-state index contributed by atoms with van der Waals surface area (Å²) in [6.07, 6.45) is 0. The van der Waals surface area contributed by atoms with Gasteiger partial charge in [-0.2, -0.15) is 0 Å². The van der Waals surface area contributed by atoms with Crippen LogP contribution in [0.5, 0.6) is 0 Å². The number of rotatable bonds is 3. The van der Waals surface area contributed by atoms with Crippen LogP contribution in [0.3, 0.4) is 0 Å². The lowest BCUT2D eigenvalue weighted by atomic mass is 10.0. The average Bonchev–Trinajstić information content (AvgIpc) is 3.91. The van der Waals surface area contributed by atoms with Gasteiger partial charge in [0.2, 0.25) is 0 Å². The highest BCUT2D eigenvalue weighted by atomic mass is 15.3. The normalized spacial score (nSPS) is 13.5. The van der Waals surface area contributed by atoms with Gasteiger partial charge in [0.1, 0.15) is 11.4 Å². The minimum Gasteiger partial charge on any atom is -0.309 e. The molecule has 54 heavy (non-hydrogen) atoms. The maximum Gasteiger partial charge on any atom is 0.147 e. The molecular formula is C50H35N4+. The first-order valence-corrected chi connectivity index (χ1v) is 18.7. The molecule has 0 radical (unpaired) electrons. The van der Waals surface area contributed by atoms with Gasteiger partial charge in [0.15, 0.2) is 0 Å². The molecule has 0 saturated heterocycles. The van der Waals surface area contributed by atoms with Gasteiger partial charge < -0.3 is 13.7 Å². The summed E-state index contributed by atoms with van der Waals surface area (Å²) in [5.74, 6) is 0. The Hall–Kier alpha value is -6.88. The molecule has 4 heteroatoms. The number of para-hydroxylation sites is 5. The van der Waals surface area contributed by atoms with Crippen LogP contribution >= 0.6 is 0 Å². The van der Waals surface area contributed by atoms with Gasteiger partial charge in [0, 0.05) is 61.4 Å². The largest absolute Gasteiger partial charge is 0.309 e. The lowest BCUT2D eigenvalue weighted by molar-refractivity contribution is 0.569. The van der Waals surface area contributed by atoms with Crippen LogP contribution in [-0.4, -0.2) is 27.8 Å². The van der Waals surface area contributed by atoms with Gasteiger partial charge in [0.25, 0.3) is 0 Å². The van der Waals surface area contributed by atoms with E-state index in [1.54, 1.807) is 0 Å². The Morgan fingerprint density at radius 3 is 1.30 bits per heavy atom. The van der Waals surface area contributed by atoms with Crippen LogP contribution in [0.25, 0.3) is 93.6 Å². The minimum atomic E-state index is 0.663. The lowest BCUT2D eigenvalue weighted by Crippen LogP contribution is -2.32. The van der Waals surface area contributed by atoms with Gasteiger partial charge in [-0.15, -0.1) is 0 Å². The first-order chi connectivity index (χ1) is 26.6. The predicted molar refractivity (Wildman–Crippen MR) is 228 cm³/mol. The molecule has 0 saturated carbocycles. The highest BCUT2D eigenvalue weighted by Crippen LogP contribution is 2.54. The van der Waals surface area contributed by atoms with E-state index in [1.807, 2.05) is 0 Å². The van der Waals surface area contributed by atoms with E-state index in [0.29, 0.717) is 4.48 Å². The van der Waals surface area contributed by atoms with Gasteiger partial charge in [-0.25, -0.2) is 0 Å². The molecule has 0 atom stereocenters. The van der Waals surface area contributed by atoms with E-state index < -0.39 is 0 Å². The van der Waals surface area contributed by atoms with Crippen LogP contribution in [0, 0.1) is 0 Å². The summed E-state index contributed by atoms with van der Waals surface area (Å²) < 4.78 is 7.97. The fraction of sp³-hybridized carbons (Fsp3) is 0.0400. The molecule has 0 unspecified atom stereocenters. The van der Waals surface area contributed by atoms with Gasteiger partial charge in [-0.05, 0) is 72.8 Å². The lowest BCUT2D eigenvalue weighted by Gasteiger charge is -2.25. The molecule has 1 aliphatic heterocycles. The summed E-state index contributed by atoms with van der Waals surface area (Å²) >= 11 is 0. The van der Waals surface area contributed by atoms with E-state index in [2.05, 4.69) is 204 Å². The Kier molecular flexibility index (Phi) is 5.82. The molecular weight excluding hydrogens is 657 g/mol. The van der Waals surface area contributed by atoms with Crippen molar-refractivity contribution in [2.45, 2.75) is 0 Å². The number of aromatic nitrogens is 3. The molecule has 3 aromatic heterocycles. The van der Waals surface area contributed by atoms with Crippen LogP contribution in [0.2, 0.25) is 0 Å². The van der Waals surface area contributed by atoms with Crippen molar-refractivity contribution < 1.29 is 0 Å². The van der Waals surface area contributed by atoms with E-state index in [9.17, 15) is 0 Å². The second kappa shape index (κ2) is 10.6. The third kappa shape index (κ3) is 3.85. The third-order valence-electron chi connectivity index (χ3n) is 12.0.